The maximum atomic E-state index is 13.1. The fraction of sp³-hybridized carbons (Fsp3) is 0.227. The zero-order valence-corrected chi connectivity index (χ0v) is 16.5. The molecule has 0 radical (unpaired) electrons. The molecule has 0 saturated carbocycles. The van der Waals surface area contributed by atoms with Crippen LogP contribution in [0.15, 0.2) is 54.6 Å². The summed E-state index contributed by atoms with van der Waals surface area (Å²) in [7, 11) is 0. The third-order valence-corrected chi connectivity index (χ3v) is 6.46. The number of imide groups is 1. The molecule has 1 atom stereocenters. The Kier molecular flexibility index (Phi) is 4.51. The van der Waals surface area contributed by atoms with Crippen molar-refractivity contribution in [2.75, 3.05) is 6.54 Å². The van der Waals surface area contributed by atoms with Crippen LogP contribution in [0.1, 0.15) is 34.0 Å². The first-order valence-electron chi connectivity index (χ1n) is 9.17. The SMILES string of the molecule is CCc1ccc(C(=O)CN2C(=O)N[C@@](C)(c3ccc4ccccc4c3)C2=O)s1. The molecule has 1 fully saturated rings. The van der Waals surface area contributed by atoms with Crippen LogP contribution in [-0.2, 0) is 16.8 Å². The van der Waals surface area contributed by atoms with Gasteiger partial charge in [0.15, 0.2) is 5.78 Å². The van der Waals surface area contributed by atoms with Gasteiger partial charge in [-0.3, -0.25) is 14.5 Å². The molecule has 2 aromatic carbocycles. The second kappa shape index (κ2) is 6.87. The first-order chi connectivity index (χ1) is 13.4. The third kappa shape index (κ3) is 2.99. The number of nitrogens with one attached hydrogen (secondary N) is 1. The normalized spacial score (nSPS) is 19.3. The number of urea groups is 1. The zero-order valence-electron chi connectivity index (χ0n) is 15.7. The molecule has 1 aliphatic rings. The Balaban J connectivity index is 1.60. The number of amides is 3. The van der Waals surface area contributed by atoms with Crippen LogP contribution < -0.4 is 5.32 Å². The minimum absolute atomic E-state index is 0.226. The highest BCUT2D eigenvalue weighted by molar-refractivity contribution is 7.14. The Bertz CT molecular complexity index is 1100. The lowest BCUT2D eigenvalue weighted by atomic mass is 9.90. The molecular formula is C22H20N2O3S. The van der Waals surface area contributed by atoms with Crippen LogP contribution in [0.3, 0.4) is 0 Å². The number of nitrogens with zero attached hydrogens (tertiary/aromatic N) is 1. The number of fused-ring (bicyclic) bond motifs is 1. The van der Waals surface area contributed by atoms with Gasteiger partial charge in [-0.25, -0.2) is 4.79 Å². The molecule has 1 aliphatic heterocycles. The number of ketones is 1. The number of benzene rings is 2. The van der Waals surface area contributed by atoms with Gasteiger partial charge in [0.2, 0.25) is 0 Å². The number of rotatable bonds is 5. The fourth-order valence-corrected chi connectivity index (χ4v) is 4.35. The first kappa shape index (κ1) is 18.4. The molecular weight excluding hydrogens is 372 g/mol. The van der Waals surface area contributed by atoms with Gasteiger partial charge in [-0.05, 0) is 47.9 Å². The van der Waals surface area contributed by atoms with Gasteiger partial charge in [-0.1, -0.05) is 43.3 Å². The van der Waals surface area contributed by atoms with Gasteiger partial charge >= 0.3 is 6.03 Å². The van der Waals surface area contributed by atoms with Gasteiger partial charge in [-0.2, -0.15) is 0 Å². The topological polar surface area (TPSA) is 66.5 Å². The monoisotopic (exact) mass is 392 g/mol. The predicted octanol–water partition coefficient (Wildman–Crippen LogP) is 4.11. The number of thiophene rings is 1. The molecule has 28 heavy (non-hydrogen) atoms. The molecule has 142 valence electrons. The van der Waals surface area contributed by atoms with Gasteiger partial charge in [0.25, 0.3) is 5.91 Å². The summed E-state index contributed by atoms with van der Waals surface area (Å²) in [6.45, 7) is 3.45. The van der Waals surface area contributed by atoms with Crippen molar-refractivity contribution in [1.29, 1.82) is 0 Å². The van der Waals surface area contributed by atoms with Gasteiger partial charge < -0.3 is 5.32 Å². The van der Waals surface area contributed by atoms with E-state index in [-0.39, 0.29) is 12.3 Å². The van der Waals surface area contributed by atoms with Crippen molar-refractivity contribution >= 4 is 39.8 Å². The minimum atomic E-state index is -1.19. The van der Waals surface area contributed by atoms with E-state index in [1.54, 1.807) is 13.0 Å². The number of aryl methyl sites for hydroxylation is 1. The molecule has 3 amide bonds. The van der Waals surface area contributed by atoms with E-state index in [2.05, 4.69) is 5.32 Å². The molecule has 2 heterocycles. The van der Waals surface area contributed by atoms with Crippen molar-refractivity contribution in [3.63, 3.8) is 0 Å². The number of carbonyl (C=O) groups excluding carboxylic acids is 3. The molecule has 0 bridgehead atoms. The van der Waals surface area contributed by atoms with Gasteiger partial charge in [0.1, 0.15) is 5.54 Å². The predicted molar refractivity (Wildman–Crippen MR) is 110 cm³/mol. The van der Waals surface area contributed by atoms with Crippen molar-refractivity contribution in [2.45, 2.75) is 25.8 Å². The average Bonchev–Trinajstić information content (AvgIpc) is 3.27. The molecule has 0 unspecified atom stereocenters. The van der Waals surface area contributed by atoms with Gasteiger partial charge in [-0.15, -0.1) is 11.3 Å². The van der Waals surface area contributed by atoms with Crippen LogP contribution in [0.4, 0.5) is 4.79 Å². The molecule has 1 saturated heterocycles. The number of hydrogen-bond donors (Lipinski definition) is 1. The van der Waals surface area contributed by atoms with Crippen LogP contribution in [-0.4, -0.2) is 29.2 Å². The van der Waals surface area contributed by atoms with Gasteiger partial charge in [0, 0.05) is 4.88 Å². The molecule has 3 aromatic rings. The third-order valence-electron chi connectivity index (χ3n) is 5.19. The van der Waals surface area contributed by atoms with E-state index in [4.69, 9.17) is 0 Å². The largest absolute Gasteiger partial charge is 0.325 e. The van der Waals surface area contributed by atoms with Crippen molar-refractivity contribution in [1.82, 2.24) is 10.2 Å². The van der Waals surface area contributed by atoms with Crippen molar-refractivity contribution in [2.24, 2.45) is 0 Å². The quantitative estimate of drug-likeness (QED) is 0.525. The Morgan fingerprint density at radius 2 is 1.82 bits per heavy atom. The standard InChI is InChI=1S/C22H20N2O3S/c1-3-17-10-11-19(28-17)18(25)13-24-20(26)22(2,23-21(24)27)16-9-8-14-6-4-5-7-15(14)12-16/h4-12H,3,13H2,1-2H3,(H,23,27)/t22-/m0/s1. The van der Waals surface area contributed by atoms with E-state index in [0.29, 0.717) is 10.4 Å². The van der Waals surface area contributed by atoms with E-state index in [1.807, 2.05) is 55.5 Å². The van der Waals surface area contributed by atoms with Crippen molar-refractivity contribution in [3.05, 3.63) is 69.9 Å². The van der Waals surface area contributed by atoms with Crippen molar-refractivity contribution < 1.29 is 14.4 Å². The summed E-state index contributed by atoms with van der Waals surface area (Å²) in [6, 6.07) is 16.6. The molecule has 0 aliphatic carbocycles. The van der Waals surface area contributed by atoms with Crippen LogP contribution in [0.5, 0.6) is 0 Å². The number of hydrogen-bond acceptors (Lipinski definition) is 4. The van der Waals surface area contributed by atoms with E-state index in [9.17, 15) is 14.4 Å². The summed E-state index contributed by atoms with van der Waals surface area (Å²) in [5.41, 5.74) is -0.491. The molecule has 5 nitrogen and oxygen atoms in total. The first-order valence-corrected chi connectivity index (χ1v) is 9.99. The summed E-state index contributed by atoms with van der Waals surface area (Å²) < 4.78 is 0. The smallest absolute Gasteiger partial charge is 0.319 e. The van der Waals surface area contributed by atoms with E-state index >= 15 is 0 Å². The number of carbonyl (C=O) groups is 3. The van der Waals surface area contributed by atoms with E-state index in [1.165, 1.54) is 11.3 Å². The van der Waals surface area contributed by atoms with E-state index < -0.39 is 17.5 Å². The van der Waals surface area contributed by atoms with E-state index in [0.717, 1.165) is 27.0 Å². The summed E-state index contributed by atoms with van der Waals surface area (Å²) >= 11 is 1.41. The highest BCUT2D eigenvalue weighted by Crippen LogP contribution is 2.31. The Hall–Kier alpha value is -2.99. The highest BCUT2D eigenvalue weighted by atomic mass is 32.1. The van der Waals surface area contributed by atoms with Gasteiger partial charge in [0.05, 0.1) is 11.4 Å². The minimum Gasteiger partial charge on any atom is -0.319 e. The van der Waals surface area contributed by atoms with Crippen LogP contribution >= 0.6 is 11.3 Å². The lowest BCUT2D eigenvalue weighted by molar-refractivity contribution is -0.130. The lowest BCUT2D eigenvalue weighted by Crippen LogP contribution is -2.41. The lowest BCUT2D eigenvalue weighted by Gasteiger charge is -2.22. The zero-order chi connectivity index (χ0) is 19.9. The second-order valence-electron chi connectivity index (χ2n) is 7.05. The van der Waals surface area contributed by atoms with Crippen LogP contribution in [0.2, 0.25) is 0 Å². The molecule has 0 spiro atoms. The summed E-state index contributed by atoms with van der Waals surface area (Å²) in [6.07, 6.45) is 0.848. The molecule has 1 N–H and O–H groups in total. The highest BCUT2D eigenvalue weighted by Gasteiger charge is 2.49. The second-order valence-corrected chi connectivity index (χ2v) is 8.22. The maximum Gasteiger partial charge on any atom is 0.325 e. The summed E-state index contributed by atoms with van der Waals surface area (Å²) in [5, 5.41) is 4.82. The van der Waals surface area contributed by atoms with Crippen LogP contribution in [0, 0.1) is 0 Å². The maximum absolute atomic E-state index is 13.1. The Morgan fingerprint density at radius 1 is 1.07 bits per heavy atom. The molecule has 4 rings (SSSR count). The van der Waals surface area contributed by atoms with Crippen LogP contribution in [0.25, 0.3) is 10.8 Å². The summed E-state index contributed by atoms with van der Waals surface area (Å²) in [4.78, 5) is 40.9. The number of Topliss-reactive ketones (excluding diaryl/α,β-unsaturated/α-hetero) is 1. The fourth-order valence-electron chi connectivity index (χ4n) is 3.48. The average molecular weight is 392 g/mol. The molecule has 6 heteroatoms. The summed E-state index contributed by atoms with van der Waals surface area (Å²) in [5.74, 6) is -0.635. The molecule has 1 aromatic heterocycles. The Morgan fingerprint density at radius 3 is 2.54 bits per heavy atom. The van der Waals surface area contributed by atoms with Crippen molar-refractivity contribution in [3.8, 4) is 0 Å². The Labute approximate surface area is 167 Å².